The summed E-state index contributed by atoms with van der Waals surface area (Å²) >= 11 is 0. The van der Waals surface area contributed by atoms with Crippen molar-refractivity contribution in [3.05, 3.63) is 93.5 Å². The van der Waals surface area contributed by atoms with E-state index in [-0.39, 0.29) is 29.5 Å². The summed E-state index contributed by atoms with van der Waals surface area (Å²) in [7, 11) is 0. The molecule has 6 heteroatoms. The van der Waals surface area contributed by atoms with Gasteiger partial charge in [-0.05, 0) is 72.9 Å². The van der Waals surface area contributed by atoms with Crippen LogP contribution in [0.2, 0.25) is 0 Å². The van der Waals surface area contributed by atoms with Crippen LogP contribution in [0.4, 0.5) is 26.3 Å². The minimum Gasteiger partial charge on any atom is -0.166 e. The highest BCUT2D eigenvalue weighted by atomic mass is 19.4. The van der Waals surface area contributed by atoms with Crippen LogP contribution in [0.15, 0.2) is 54.6 Å². The van der Waals surface area contributed by atoms with Gasteiger partial charge in [-0.15, -0.1) is 0 Å². The summed E-state index contributed by atoms with van der Waals surface area (Å²) < 4.78 is 85.4. The Morgan fingerprint density at radius 2 is 1.17 bits per heavy atom. The quantitative estimate of drug-likeness (QED) is 0.217. The molecular weight excluding hydrogens is 462 g/mol. The van der Waals surface area contributed by atoms with Gasteiger partial charge < -0.3 is 0 Å². The molecule has 188 valence electrons. The molecule has 0 atom stereocenters. The summed E-state index contributed by atoms with van der Waals surface area (Å²) in [5.74, 6) is 0. The third-order valence-corrected chi connectivity index (χ3v) is 6.34. The molecule has 0 bridgehead atoms. The van der Waals surface area contributed by atoms with Crippen LogP contribution in [-0.4, -0.2) is 0 Å². The van der Waals surface area contributed by atoms with Crippen molar-refractivity contribution in [1.29, 1.82) is 0 Å². The number of benzene rings is 3. The molecule has 35 heavy (non-hydrogen) atoms. The second-order valence-electron chi connectivity index (χ2n) is 9.10. The van der Waals surface area contributed by atoms with Crippen molar-refractivity contribution in [3.8, 4) is 11.1 Å². The fraction of sp³-hybridized carbons (Fsp3) is 0.379. The normalized spacial score (nSPS) is 12.3. The lowest BCUT2D eigenvalue weighted by molar-refractivity contribution is -0.162. The Morgan fingerprint density at radius 1 is 0.629 bits per heavy atom. The molecule has 3 aromatic rings. The highest BCUT2D eigenvalue weighted by Crippen LogP contribution is 2.48. The standard InChI is InChI=1S/C29H30F6/c1-4-5-6-7-21-12-15-23(16-13-21)25-18-20(3)24(17-14-22-10-8-19(2)9-11-22)26(28(30,31)32)27(25)29(33,34)35/h8-13,15-16,18H,4-7,14,17H2,1-3H3. The van der Waals surface area contributed by atoms with E-state index < -0.39 is 29.0 Å². The Kier molecular flexibility index (Phi) is 8.34. The van der Waals surface area contributed by atoms with Gasteiger partial charge in [-0.1, -0.05) is 79.9 Å². The van der Waals surface area contributed by atoms with Crippen molar-refractivity contribution in [2.24, 2.45) is 0 Å². The SMILES string of the molecule is CCCCCc1ccc(-c2cc(C)c(CCc3ccc(C)cc3)c(C(F)(F)F)c2C(F)(F)F)cc1. The topological polar surface area (TPSA) is 0 Å². The Labute approximate surface area is 203 Å². The number of halogens is 6. The third kappa shape index (κ3) is 6.68. The van der Waals surface area contributed by atoms with Crippen LogP contribution < -0.4 is 0 Å². The monoisotopic (exact) mass is 492 g/mol. The van der Waals surface area contributed by atoms with Gasteiger partial charge in [0.2, 0.25) is 0 Å². The number of rotatable bonds is 8. The lowest BCUT2D eigenvalue weighted by Crippen LogP contribution is -2.21. The molecule has 3 aromatic carbocycles. The smallest absolute Gasteiger partial charge is 0.166 e. The first-order valence-corrected chi connectivity index (χ1v) is 11.9. The van der Waals surface area contributed by atoms with Gasteiger partial charge in [-0.3, -0.25) is 0 Å². The average Bonchev–Trinajstić information content (AvgIpc) is 2.78. The second kappa shape index (κ2) is 10.9. The van der Waals surface area contributed by atoms with E-state index in [9.17, 15) is 26.3 Å². The van der Waals surface area contributed by atoms with E-state index in [0.717, 1.165) is 42.4 Å². The lowest BCUT2D eigenvalue weighted by Gasteiger charge is -2.24. The van der Waals surface area contributed by atoms with E-state index in [2.05, 4.69) is 6.92 Å². The maximum atomic E-state index is 14.2. The number of unbranched alkanes of at least 4 members (excludes halogenated alkanes) is 2. The van der Waals surface area contributed by atoms with Crippen LogP contribution >= 0.6 is 0 Å². The zero-order chi connectivity index (χ0) is 25.8. The largest absolute Gasteiger partial charge is 0.417 e. The summed E-state index contributed by atoms with van der Waals surface area (Å²) in [6.45, 7) is 5.43. The molecule has 0 saturated carbocycles. The van der Waals surface area contributed by atoms with Crippen molar-refractivity contribution < 1.29 is 26.3 Å². The summed E-state index contributed by atoms with van der Waals surface area (Å²) in [6, 6.07) is 14.9. The van der Waals surface area contributed by atoms with E-state index in [1.54, 1.807) is 24.3 Å². The van der Waals surface area contributed by atoms with Gasteiger partial charge in [0.15, 0.2) is 0 Å². The average molecular weight is 493 g/mol. The highest BCUT2D eigenvalue weighted by Gasteiger charge is 2.47. The van der Waals surface area contributed by atoms with E-state index in [1.165, 1.54) is 25.1 Å². The molecule has 0 nitrogen and oxygen atoms in total. The van der Waals surface area contributed by atoms with Crippen LogP contribution in [0, 0.1) is 13.8 Å². The van der Waals surface area contributed by atoms with Crippen LogP contribution in [0.25, 0.3) is 11.1 Å². The molecule has 0 amide bonds. The van der Waals surface area contributed by atoms with Gasteiger partial charge in [-0.25, -0.2) is 0 Å². The van der Waals surface area contributed by atoms with Gasteiger partial charge in [0.1, 0.15) is 0 Å². The summed E-state index contributed by atoms with van der Waals surface area (Å²) in [5.41, 5.74) is -0.826. The minimum atomic E-state index is -5.16. The van der Waals surface area contributed by atoms with Crippen molar-refractivity contribution in [2.75, 3.05) is 0 Å². The molecule has 0 heterocycles. The molecule has 0 saturated heterocycles. The highest BCUT2D eigenvalue weighted by molar-refractivity contribution is 5.72. The van der Waals surface area contributed by atoms with Gasteiger partial charge in [0.25, 0.3) is 0 Å². The van der Waals surface area contributed by atoms with Crippen molar-refractivity contribution >= 4 is 0 Å². The maximum absolute atomic E-state index is 14.2. The van der Waals surface area contributed by atoms with Gasteiger partial charge >= 0.3 is 12.4 Å². The molecule has 0 spiro atoms. The lowest BCUT2D eigenvalue weighted by atomic mass is 9.85. The second-order valence-corrected chi connectivity index (χ2v) is 9.10. The van der Waals surface area contributed by atoms with Crippen LogP contribution in [-0.2, 0) is 31.6 Å². The van der Waals surface area contributed by atoms with Crippen LogP contribution in [0.5, 0.6) is 0 Å². The number of aryl methyl sites for hydroxylation is 4. The molecule has 0 aromatic heterocycles. The summed E-state index contributed by atoms with van der Waals surface area (Å²) in [4.78, 5) is 0. The Hall–Kier alpha value is -2.76. The van der Waals surface area contributed by atoms with Gasteiger partial charge in [0, 0.05) is 0 Å². The molecule has 0 aliphatic rings. The van der Waals surface area contributed by atoms with Crippen molar-refractivity contribution in [2.45, 2.75) is 71.6 Å². The van der Waals surface area contributed by atoms with E-state index in [4.69, 9.17) is 0 Å². The summed E-state index contributed by atoms with van der Waals surface area (Å²) in [6.07, 6.45) is -6.40. The Morgan fingerprint density at radius 3 is 1.71 bits per heavy atom. The first kappa shape index (κ1) is 26.8. The third-order valence-electron chi connectivity index (χ3n) is 6.34. The maximum Gasteiger partial charge on any atom is 0.417 e. The fourth-order valence-corrected chi connectivity index (χ4v) is 4.47. The number of alkyl halides is 6. The Bertz CT molecular complexity index is 1120. The molecule has 0 aliphatic carbocycles. The Balaban J connectivity index is 2.10. The zero-order valence-electron chi connectivity index (χ0n) is 20.2. The zero-order valence-corrected chi connectivity index (χ0v) is 20.2. The number of hydrogen-bond acceptors (Lipinski definition) is 0. The van der Waals surface area contributed by atoms with Gasteiger partial charge in [-0.2, -0.15) is 26.3 Å². The molecule has 3 rings (SSSR count). The molecule has 0 unspecified atom stereocenters. The summed E-state index contributed by atoms with van der Waals surface area (Å²) in [5, 5.41) is 0. The molecule has 0 aliphatic heterocycles. The van der Waals surface area contributed by atoms with Crippen LogP contribution in [0.1, 0.15) is 65.1 Å². The van der Waals surface area contributed by atoms with Crippen molar-refractivity contribution in [1.82, 2.24) is 0 Å². The fourth-order valence-electron chi connectivity index (χ4n) is 4.47. The molecule has 0 fully saturated rings. The molecular formula is C29H30F6. The number of hydrogen-bond donors (Lipinski definition) is 0. The minimum absolute atomic E-state index is 0.134. The van der Waals surface area contributed by atoms with E-state index in [1.807, 2.05) is 19.1 Å². The molecule has 0 radical (unpaired) electrons. The van der Waals surface area contributed by atoms with Crippen molar-refractivity contribution in [3.63, 3.8) is 0 Å². The molecule has 0 N–H and O–H groups in total. The van der Waals surface area contributed by atoms with E-state index >= 15 is 0 Å². The van der Waals surface area contributed by atoms with E-state index in [0.29, 0.717) is 0 Å². The van der Waals surface area contributed by atoms with Crippen LogP contribution in [0.3, 0.4) is 0 Å². The first-order valence-electron chi connectivity index (χ1n) is 11.9. The predicted octanol–water partition coefficient (Wildman–Crippen LogP) is 9.53. The first-order chi connectivity index (χ1) is 16.4. The predicted molar refractivity (Wildman–Crippen MR) is 128 cm³/mol. The van der Waals surface area contributed by atoms with Gasteiger partial charge in [0.05, 0.1) is 11.1 Å².